The van der Waals surface area contributed by atoms with Gasteiger partial charge in [0.05, 0.1) is 35.6 Å². The van der Waals surface area contributed by atoms with Crippen molar-refractivity contribution in [2.75, 3.05) is 45.5 Å². The Labute approximate surface area is 875 Å². The summed E-state index contributed by atoms with van der Waals surface area (Å²) in [6.45, 7) is 50.8. The number of aliphatic hydroxyl groups is 2. The number of nitrogens with one attached hydrogen (secondary N) is 7. The number of phenols is 3. The Morgan fingerprint density at radius 1 is 0.465 bits per heavy atom. The molecule has 6 atom stereocenters. The van der Waals surface area contributed by atoms with Gasteiger partial charge >= 0.3 is 72.2 Å². The molecule has 0 radical (unpaired) electrons. The zero-order chi connectivity index (χ0) is 110. The van der Waals surface area contributed by atoms with Gasteiger partial charge in [-0.2, -0.15) is 0 Å². The normalized spacial score (nSPS) is 12.2. The van der Waals surface area contributed by atoms with Crippen molar-refractivity contribution in [1.82, 2.24) is 36.7 Å². The number of Topliss-reactive ketones (excluding diaryl/α,β-unsaturated/α-hetero) is 1. The molecule has 44 heteroatoms. The van der Waals surface area contributed by atoms with Crippen LogP contribution >= 0.6 is 22.5 Å². The Morgan fingerprint density at radius 2 is 0.754 bits per heavy atom. The third-order valence-electron chi connectivity index (χ3n) is 14.1. The number of ether oxygens (including phenoxy) is 7. The second kappa shape index (κ2) is 88.1. The van der Waals surface area contributed by atoms with Crippen LogP contribution in [0.25, 0.3) is 26.4 Å². The number of phenolic OH excluding ortho intramolecular Hbond substituents is 2. The first-order valence-corrected chi connectivity index (χ1v) is 48.2. The third kappa shape index (κ3) is 125. The van der Waals surface area contributed by atoms with E-state index in [4.69, 9.17) is 88.7 Å². The number of carboxylic acid groups (broad SMARTS) is 1. The number of amides is 6. The van der Waals surface area contributed by atoms with Crippen LogP contribution in [0.4, 0.5) is 28.8 Å². The van der Waals surface area contributed by atoms with E-state index < -0.39 is 85.3 Å². The summed E-state index contributed by atoms with van der Waals surface area (Å²) in [4.78, 5) is 119. The molecule has 17 N–H and O–H groups in total. The molecular weight excluding hydrogens is 1910 g/mol. The summed E-state index contributed by atoms with van der Waals surface area (Å²) in [5.41, 5.74) is 29.2. The van der Waals surface area contributed by atoms with E-state index in [0.29, 0.717) is 51.4 Å². The van der Waals surface area contributed by atoms with E-state index in [-0.39, 0.29) is 138 Å². The van der Waals surface area contributed by atoms with E-state index in [9.17, 15) is 66.6 Å². The smallest absolute Gasteiger partial charge is 0.507 e. The molecule has 3 aromatic carbocycles. The third-order valence-corrected chi connectivity index (χ3v) is 14.2. The standard InChI is InChI=1S/C33H45NO3.C10H13ClN2O2.C10H18O5.C9H19NO2.C8H16N4O2.C8H18N2O2.C8H17NO3.C7H6O3.C3H9NO.CH3ClO2S.CH4.N3.Na/c1-3-4-5-6-7-8-9-10-11-12-13-14-15-16-17-18-19-20-21-24-30(35)28-27-29(2)34-33(37)31-25-22-23-26-32(31)36;1-7(6-12-11)13-10(15)8-4-2-3-5-9(8)14;1-9(2,3)14-7(11)13-8(12)15-10(4,5)6;1-7(2)6-10-8(11)12-9(3,4)5;1-6(11-12-9)5-10-7(13)14-8(2,3)4;1-6(9)5-10-7(11)12-8(2,3)4;1-6(10)5-9-7(11)12-8(2,3)4;8-6-4-2-1-3-5(6)7(9)10;1-3(5)2-4;1-5(2,3)4;;1-3-2;/h4-5,7-8,10-11,13-14,16-17,19-20,22-23,25-26,29,36H,3,6,9,12,15,18,21,24,27-28H2,1-2H3,(H,34,37);2-5,7,12,14H,6H2,1H3,(H,13,15);1-6H3;7H,6H2,1-5H3,(H,10,11);6H,5H2,1-4H3,(H,10,13);6H,5,9H2,1-4H3,(H,10,11);6,10H,5H2,1-4H3,(H,9,11);1-4,8H,(H,9,10);3,5H,2,4H2,1H3;1H3;1H4;;/q;;;;;;;;;;;-1;+1/b5-4-,8-7-,11-10-,14-13-,17-16-,20-19-;;;;;;;;;;;;. The Bertz CT molecular complexity index is 4230. The van der Waals surface area contributed by atoms with Crippen molar-refractivity contribution in [2.45, 2.75) is 329 Å². The predicted molar refractivity (Wildman–Crippen MR) is 558 cm³/mol. The average Bonchev–Trinajstić information content (AvgIpc) is 0.855. The maximum Gasteiger partial charge on any atom is 1.00 e. The molecular formula is C98H168Cl2N15NaO25S. The van der Waals surface area contributed by atoms with Gasteiger partial charge in [-0.3, -0.25) is 19.3 Å². The Balaban J connectivity index is -0.000000179. The van der Waals surface area contributed by atoms with Crippen LogP contribution in [0.15, 0.2) is 151 Å². The van der Waals surface area contributed by atoms with Crippen LogP contribution in [0.3, 0.4) is 0 Å². The van der Waals surface area contributed by atoms with Gasteiger partial charge in [-0.25, -0.2) is 46.8 Å². The number of ketones is 1. The summed E-state index contributed by atoms with van der Waals surface area (Å²) >= 11 is 5.31. The first-order chi connectivity index (χ1) is 64.4. The zero-order valence-electron chi connectivity index (χ0n) is 88.2. The molecule has 806 valence electrons. The first kappa shape index (κ1) is 152. The summed E-state index contributed by atoms with van der Waals surface area (Å²) in [5.74, 6) is -1.36. The molecule has 40 nitrogen and oxygen atoms in total. The van der Waals surface area contributed by atoms with Gasteiger partial charge in [0.2, 0.25) is 9.05 Å². The molecule has 3 rings (SSSR count). The number of aromatic carboxylic acids is 1. The number of carbonyl (C=O) groups excluding carboxylic acids is 9. The van der Waals surface area contributed by atoms with Gasteiger partial charge in [0.1, 0.15) is 62.2 Å². The summed E-state index contributed by atoms with van der Waals surface area (Å²) < 4.78 is 52.5. The van der Waals surface area contributed by atoms with Crippen molar-refractivity contribution < 1.29 is 150 Å². The second-order valence-corrected chi connectivity index (χ2v) is 40.0. The topological polar surface area (TPSA) is 635 Å². The van der Waals surface area contributed by atoms with Crippen molar-refractivity contribution in [3.63, 3.8) is 0 Å². The fourth-order valence-corrected chi connectivity index (χ4v) is 8.43. The Kier molecular flexibility index (Phi) is 94.0. The van der Waals surface area contributed by atoms with Crippen molar-refractivity contribution >= 4 is 91.8 Å². The van der Waals surface area contributed by atoms with Crippen LogP contribution in [0.2, 0.25) is 0 Å². The molecule has 3 aromatic rings. The van der Waals surface area contributed by atoms with Crippen LogP contribution in [-0.4, -0.2) is 215 Å². The number of hydrogen-bond donors (Lipinski definition) is 15. The van der Waals surface area contributed by atoms with E-state index in [0.717, 1.165) is 51.2 Å². The second-order valence-electron chi connectivity index (χ2n) is 36.7. The number of carbonyl (C=O) groups is 10. The number of nitrogens with two attached hydrogens (primary N) is 2. The first-order valence-electron chi connectivity index (χ1n) is 45.1. The number of nitrogens with zero attached hydrogens (tertiary/aromatic N) is 6. The van der Waals surface area contributed by atoms with E-state index >= 15 is 0 Å². The molecule has 0 spiro atoms. The van der Waals surface area contributed by atoms with Crippen molar-refractivity contribution in [2.24, 2.45) is 22.5 Å². The summed E-state index contributed by atoms with van der Waals surface area (Å²) in [6, 6.07) is 18.1. The summed E-state index contributed by atoms with van der Waals surface area (Å²) in [6.07, 6.45) is 30.3. The average molecular weight is 2080 g/mol. The summed E-state index contributed by atoms with van der Waals surface area (Å²) in [5, 5.41) is 72.6. The minimum atomic E-state index is -3.19. The SMILES string of the molecule is C.CC(C)(C)OC(=O)OC(=O)OC(C)(C)C.CC(C)CNC(=O)OC(C)(C)C.CC(CNC(=O)OC(C)(C)C)N=[N+]=[N-].CC(CNCl)NC(=O)c1ccccc1O.CC(N)CNC(=O)OC(C)(C)C.CC(O)CN.CC(O)CNC(=O)OC(C)(C)C.CC/C=C\C/C=C\C/C=C\C/C=C\C/C=C\C/C=C\CCC(=O)CCC(C)NC(=O)c1ccccc1O.CS(=O)(=O)Cl.O=C(O)c1ccccc1O.[N-]=[N+]=[N-].[Na+]. The zero-order valence-corrected chi connectivity index (χ0v) is 92.5. The van der Waals surface area contributed by atoms with Crippen LogP contribution in [0.1, 0.15) is 290 Å². The van der Waals surface area contributed by atoms with E-state index in [1.54, 1.807) is 152 Å². The van der Waals surface area contributed by atoms with Gasteiger partial charge < -0.3 is 118 Å². The van der Waals surface area contributed by atoms with Crippen LogP contribution in [0.5, 0.6) is 17.2 Å². The molecule has 6 amide bonds. The molecule has 6 unspecified atom stereocenters. The van der Waals surface area contributed by atoms with Crippen molar-refractivity contribution in [3.05, 3.63) is 189 Å². The number of carboxylic acids is 1. The number of azide groups is 1. The fraction of sp³-hybridized carbons (Fsp3) is 0.592. The van der Waals surface area contributed by atoms with Crippen LogP contribution in [0, 0.1) is 5.92 Å². The van der Waals surface area contributed by atoms with Gasteiger partial charge in [-0.05, 0) is 270 Å². The maximum absolute atomic E-state index is 12.2. The molecule has 0 aliphatic rings. The quantitative estimate of drug-likeness (QED) is 0.00252. The molecule has 0 heterocycles. The number of para-hydroxylation sites is 3. The largest absolute Gasteiger partial charge is 1.00 e. The number of rotatable bonds is 34. The van der Waals surface area contributed by atoms with Crippen molar-refractivity contribution in [3.8, 4) is 17.2 Å². The molecule has 0 fully saturated rings. The van der Waals surface area contributed by atoms with Gasteiger partial charge in [0, 0.05) is 85.8 Å². The van der Waals surface area contributed by atoms with Crippen molar-refractivity contribution in [1.29, 1.82) is 0 Å². The van der Waals surface area contributed by atoms with Gasteiger partial charge in [-0.15, -0.1) is 0 Å². The van der Waals surface area contributed by atoms with E-state index in [1.165, 1.54) is 29.2 Å². The number of aromatic hydroxyl groups is 3. The number of hydrogen-bond acceptors (Lipinski definition) is 28. The van der Waals surface area contributed by atoms with Gasteiger partial charge in [0.15, 0.2) is 0 Å². The molecule has 0 saturated carbocycles. The van der Waals surface area contributed by atoms with E-state index in [2.05, 4.69) is 142 Å². The molecule has 0 aliphatic carbocycles. The van der Waals surface area contributed by atoms with Gasteiger partial charge in [-0.1, -0.05) is 150 Å². The minimum Gasteiger partial charge on any atom is -0.507 e. The van der Waals surface area contributed by atoms with Crippen LogP contribution in [-0.2, 0) is 47.0 Å². The molecule has 0 bridgehead atoms. The monoisotopic (exact) mass is 2080 g/mol. The fourth-order valence-electron chi connectivity index (χ4n) is 8.20. The molecule has 0 aromatic heterocycles. The number of benzene rings is 3. The molecule has 142 heavy (non-hydrogen) atoms. The number of allylic oxidation sites excluding steroid dienone is 12. The molecule has 0 saturated heterocycles. The van der Waals surface area contributed by atoms with E-state index in [1.807, 2.05) is 76.2 Å². The predicted octanol–water partition coefficient (Wildman–Crippen LogP) is 17.7. The number of alkyl carbamates (subject to hydrolysis) is 4. The summed E-state index contributed by atoms with van der Waals surface area (Å²) in [7, 11) is 1.31. The maximum atomic E-state index is 12.2. The molecule has 0 aliphatic heterocycles. The number of halogens is 2. The Morgan fingerprint density at radius 3 is 1.02 bits per heavy atom. The van der Waals surface area contributed by atoms with Gasteiger partial charge in [0.25, 0.3) is 11.8 Å². The van der Waals surface area contributed by atoms with Crippen LogP contribution < -0.4 is 77.8 Å². The number of aliphatic hydroxyl groups excluding tert-OH is 2. The minimum absolute atomic E-state index is 0. The Hall–Kier alpha value is -10.7.